The number of carbonyl (C=O) groups excluding carboxylic acids is 1. The molecule has 1 N–H and O–H groups in total. The first-order valence-corrected chi connectivity index (χ1v) is 8.09. The molecule has 0 atom stereocenters. The SMILES string of the molecule is O=C(NCc1ccc(Cn2cccn2)cc1)c1ccccc1Br. The second kappa shape index (κ2) is 7.24. The predicted octanol–water partition coefficient (Wildman–Crippen LogP) is 3.62. The zero-order valence-corrected chi connectivity index (χ0v) is 14.0. The van der Waals surface area contributed by atoms with Crippen LogP contribution in [0.15, 0.2) is 71.5 Å². The lowest BCUT2D eigenvalue weighted by molar-refractivity contribution is 0.0950. The van der Waals surface area contributed by atoms with E-state index in [-0.39, 0.29) is 5.91 Å². The summed E-state index contributed by atoms with van der Waals surface area (Å²) in [4.78, 5) is 12.2. The minimum absolute atomic E-state index is 0.0851. The van der Waals surface area contributed by atoms with Crippen LogP contribution in [0.4, 0.5) is 0 Å². The molecule has 3 aromatic rings. The molecule has 0 fully saturated rings. The number of benzene rings is 2. The lowest BCUT2D eigenvalue weighted by Crippen LogP contribution is -2.23. The van der Waals surface area contributed by atoms with Gasteiger partial charge in [-0.2, -0.15) is 5.10 Å². The Morgan fingerprint density at radius 3 is 2.48 bits per heavy atom. The Balaban J connectivity index is 1.58. The predicted molar refractivity (Wildman–Crippen MR) is 93.1 cm³/mol. The van der Waals surface area contributed by atoms with Crippen LogP contribution >= 0.6 is 15.9 Å². The molecule has 0 aliphatic rings. The van der Waals surface area contributed by atoms with Crippen molar-refractivity contribution in [3.63, 3.8) is 0 Å². The summed E-state index contributed by atoms with van der Waals surface area (Å²) in [6.45, 7) is 1.25. The van der Waals surface area contributed by atoms with Crippen LogP contribution in [0.25, 0.3) is 0 Å². The van der Waals surface area contributed by atoms with Crippen LogP contribution in [0.1, 0.15) is 21.5 Å². The fourth-order valence-corrected chi connectivity index (χ4v) is 2.73. The van der Waals surface area contributed by atoms with E-state index in [0.717, 1.165) is 16.6 Å². The molecule has 4 nitrogen and oxygen atoms in total. The fourth-order valence-electron chi connectivity index (χ4n) is 2.27. The van der Waals surface area contributed by atoms with Crippen molar-refractivity contribution in [3.8, 4) is 0 Å². The van der Waals surface area contributed by atoms with Crippen molar-refractivity contribution < 1.29 is 4.79 Å². The summed E-state index contributed by atoms with van der Waals surface area (Å²) in [5, 5.41) is 7.13. The molecule has 0 unspecified atom stereocenters. The zero-order valence-electron chi connectivity index (χ0n) is 12.4. The van der Waals surface area contributed by atoms with Crippen molar-refractivity contribution in [3.05, 3.63) is 88.2 Å². The van der Waals surface area contributed by atoms with E-state index < -0.39 is 0 Å². The molecule has 0 spiro atoms. The smallest absolute Gasteiger partial charge is 0.252 e. The fraction of sp³-hybridized carbons (Fsp3) is 0.111. The van der Waals surface area contributed by atoms with Gasteiger partial charge in [-0.05, 0) is 45.3 Å². The lowest BCUT2D eigenvalue weighted by atomic mass is 10.1. The van der Waals surface area contributed by atoms with Gasteiger partial charge in [0, 0.05) is 23.4 Å². The average molecular weight is 370 g/mol. The lowest BCUT2D eigenvalue weighted by Gasteiger charge is -2.08. The van der Waals surface area contributed by atoms with E-state index in [9.17, 15) is 4.79 Å². The Hall–Kier alpha value is -2.40. The second-order valence-electron chi connectivity index (χ2n) is 5.18. The average Bonchev–Trinajstić information content (AvgIpc) is 3.07. The van der Waals surface area contributed by atoms with Crippen LogP contribution in [0, 0.1) is 0 Å². The number of rotatable bonds is 5. The molecule has 1 amide bonds. The third-order valence-corrected chi connectivity index (χ3v) is 4.19. The molecular formula is C18H16BrN3O. The summed E-state index contributed by atoms with van der Waals surface area (Å²) >= 11 is 3.39. The Bertz CT molecular complexity index is 782. The van der Waals surface area contributed by atoms with Crippen molar-refractivity contribution in [2.24, 2.45) is 0 Å². The van der Waals surface area contributed by atoms with Gasteiger partial charge in [0.2, 0.25) is 0 Å². The summed E-state index contributed by atoms with van der Waals surface area (Å²) in [5.41, 5.74) is 2.88. The minimum atomic E-state index is -0.0851. The number of carbonyl (C=O) groups is 1. The molecule has 0 saturated heterocycles. The molecule has 0 aliphatic heterocycles. The molecule has 1 aromatic heterocycles. The van der Waals surface area contributed by atoms with Gasteiger partial charge in [-0.15, -0.1) is 0 Å². The summed E-state index contributed by atoms with van der Waals surface area (Å²) in [5.74, 6) is -0.0851. The minimum Gasteiger partial charge on any atom is -0.348 e. The van der Waals surface area contributed by atoms with Gasteiger partial charge < -0.3 is 5.32 Å². The van der Waals surface area contributed by atoms with Crippen LogP contribution in [0.5, 0.6) is 0 Å². The monoisotopic (exact) mass is 369 g/mol. The van der Waals surface area contributed by atoms with E-state index in [1.54, 1.807) is 12.3 Å². The second-order valence-corrected chi connectivity index (χ2v) is 6.04. The molecule has 0 bridgehead atoms. The quantitative estimate of drug-likeness (QED) is 0.746. The molecule has 1 heterocycles. The Morgan fingerprint density at radius 2 is 1.78 bits per heavy atom. The normalized spacial score (nSPS) is 10.5. The largest absolute Gasteiger partial charge is 0.348 e. The summed E-state index contributed by atoms with van der Waals surface area (Å²) in [6.07, 6.45) is 3.71. The highest BCUT2D eigenvalue weighted by Crippen LogP contribution is 2.15. The van der Waals surface area contributed by atoms with Gasteiger partial charge in [0.05, 0.1) is 12.1 Å². The molecule has 2 aromatic carbocycles. The van der Waals surface area contributed by atoms with E-state index in [1.165, 1.54) is 5.56 Å². The van der Waals surface area contributed by atoms with Crippen LogP contribution in [0.3, 0.4) is 0 Å². The molecule has 0 aliphatic carbocycles. The van der Waals surface area contributed by atoms with E-state index in [1.807, 2.05) is 47.3 Å². The number of nitrogens with one attached hydrogen (secondary N) is 1. The number of aromatic nitrogens is 2. The number of hydrogen-bond acceptors (Lipinski definition) is 2. The van der Waals surface area contributed by atoms with Gasteiger partial charge in [-0.3, -0.25) is 9.48 Å². The van der Waals surface area contributed by atoms with Gasteiger partial charge in [-0.1, -0.05) is 36.4 Å². The maximum absolute atomic E-state index is 12.2. The first-order chi connectivity index (χ1) is 11.2. The van der Waals surface area contributed by atoms with Crippen molar-refractivity contribution in [1.82, 2.24) is 15.1 Å². The summed E-state index contributed by atoms with van der Waals surface area (Å²) in [7, 11) is 0. The Morgan fingerprint density at radius 1 is 1.04 bits per heavy atom. The third-order valence-electron chi connectivity index (χ3n) is 3.50. The molecular weight excluding hydrogens is 354 g/mol. The van der Waals surface area contributed by atoms with E-state index in [2.05, 4.69) is 38.5 Å². The third kappa shape index (κ3) is 4.07. The van der Waals surface area contributed by atoms with Crippen molar-refractivity contribution in [2.45, 2.75) is 13.1 Å². The van der Waals surface area contributed by atoms with Crippen molar-refractivity contribution >= 4 is 21.8 Å². The highest BCUT2D eigenvalue weighted by molar-refractivity contribution is 9.10. The Kier molecular flexibility index (Phi) is 4.88. The number of amides is 1. The number of nitrogens with zero attached hydrogens (tertiary/aromatic N) is 2. The number of halogens is 1. The van der Waals surface area contributed by atoms with Crippen LogP contribution in [-0.4, -0.2) is 15.7 Å². The molecule has 116 valence electrons. The van der Waals surface area contributed by atoms with Crippen molar-refractivity contribution in [1.29, 1.82) is 0 Å². The maximum atomic E-state index is 12.2. The van der Waals surface area contributed by atoms with Gasteiger partial charge >= 0.3 is 0 Å². The molecule has 3 rings (SSSR count). The molecule has 0 radical (unpaired) electrons. The number of hydrogen-bond donors (Lipinski definition) is 1. The van der Waals surface area contributed by atoms with Gasteiger partial charge in [-0.25, -0.2) is 0 Å². The summed E-state index contributed by atoms with van der Waals surface area (Å²) < 4.78 is 2.68. The highest BCUT2D eigenvalue weighted by atomic mass is 79.9. The standard InChI is InChI=1S/C18H16BrN3O/c19-17-5-2-1-4-16(17)18(23)20-12-14-6-8-15(9-7-14)13-22-11-3-10-21-22/h1-11H,12-13H2,(H,20,23). The van der Waals surface area contributed by atoms with Gasteiger partial charge in [0.25, 0.3) is 5.91 Å². The topological polar surface area (TPSA) is 46.9 Å². The van der Waals surface area contributed by atoms with E-state index in [4.69, 9.17) is 0 Å². The van der Waals surface area contributed by atoms with Crippen molar-refractivity contribution in [2.75, 3.05) is 0 Å². The van der Waals surface area contributed by atoms with Gasteiger partial charge in [0.1, 0.15) is 0 Å². The highest BCUT2D eigenvalue weighted by Gasteiger charge is 2.08. The van der Waals surface area contributed by atoms with Crippen LogP contribution in [-0.2, 0) is 13.1 Å². The molecule has 5 heteroatoms. The van der Waals surface area contributed by atoms with Crippen LogP contribution < -0.4 is 5.32 Å². The van der Waals surface area contributed by atoms with Gasteiger partial charge in [0.15, 0.2) is 0 Å². The summed E-state index contributed by atoms with van der Waals surface area (Å²) in [6, 6.07) is 17.5. The molecule has 0 saturated carbocycles. The first kappa shape index (κ1) is 15.5. The van der Waals surface area contributed by atoms with Crippen LogP contribution in [0.2, 0.25) is 0 Å². The van der Waals surface area contributed by atoms with E-state index in [0.29, 0.717) is 12.1 Å². The molecule has 23 heavy (non-hydrogen) atoms. The zero-order chi connectivity index (χ0) is 16.1. The maximum Gasteiger partial charge on any atom is 0.252 e. The van der Waals surface area contributed by atoms with E-state index >= 15 is 0 Å². The first-order valence-electron chi connectivity index (χ1n) is 7.30. The Labute approximate surface area is 143 Å².